The van der Waals surface area contributed by atoms with Gasteiger partial charge in [-0.15, -0.1) is 0 Å². The van der Waals surface area contributed by atoms with Crippen LogP contribution in [0.5, 0.6) is 5.88 Å². The first kappa shape index (κ1) is 20.0. The first-order valence-corrected chi connectivity index (χ1v) is 8.04. The van der Waals surface area contributed by atoms with Gasteiger partial charge in [-0.25, -0.2) is 13.8 Å². The molecule has 0 aliphatic carbocycles. The lowest BCUT2D eigenvalue weighted by Crippen LogP contribution is -2.14. The highest BCUT2D eigenvalue weighted by atomic mass is 19.1. The number of aliphatic imine (C=N–C) groups is 1. The quantitative estimate of drug-likeness (QED) is 0.588. The number of nitrogens with zero attached hydrogens (tertiary/aromatic N) is 2. The number of aryl methyl sites for hydroxylation is 1. The van der Waals surface area contributed by atoms with E-state index in [2.05, 4.69) is 21.9 Å². The lowest BCUT2D eigenvalue weighted by atomic mass is 10.2. The maximum atomic E-state index is 13.7. The second kappa shape index (κ2) is 9.38. The minimum Gasteiger partial charge on any atom is -0.473 e. The average Bonchev–Trinajstić information content (AvgIpc) is 2.65. The number of hydrogen-bond donors (Lipinski definition) is 1. The Kier molecular flexibility index (Phi) is 6.93. The fourth-order valence-corrected chi connectivity index (χ4v) is 2.12. The van der Waals surface area contributed by atoms with Crippen molar-refractivity contribution < 1.29 is 18.3 Å². The molecule has 0 bridgehead atoms. The summed E-state index contributed by atoms with van der Waals surface area (Å²) < 4.78 is 32.2. The van der Waals surface area contributed by atoms with Crippen molar-refractivity contribution in [3.05, 3.63) is 77.5 Å². The van der Waals surface area contributed by atoms with E-state index in [0.717, 1.165) is 17.7 Å². The summed E-state index contributed by atoms with van der Waals surface area (Å²) in [5, 5.41) is 2.38. The fraction of sp³-hybridized carbons (Fsp3) is 0.150. The Bertz CT molecular complexity index is 908. The molecule has 1 aromatic heterocycles. The minimum absolute atomic E-state index is 0.113. The van der Waals surface area contributed by atoms with Crippen LogP contribution in [0.25, 0.3) is 0 Å². The van der Waals surface area contributed by atoms with Gasteiger partial charge < -0.3 is 10.1 Å². The number of aromatic nitrogens is 1. The normalized spacial score (nSPS) is 11.5. The number of carbonyl (C=O) groups excluding carboxylic acids is 1. The van der Waals surface area contributed by atoms with Crippen LogP contribution in [0.4, 0.5) is 14.5 Å². The van der Waals surface area contributed by atoms with Crippen LogP contribution in [0.2, 0.25) is 0 Å². The van der Waals surface area contributed by atoms with E-state index in [9.17, 15) is 13.6 Å². The van der Waals surface area contributed by atoms with E-state index in [-0.39, 0.29) is 17.9 Å². The fourth-order valence-electron chi connectivity index (χ4n) is 2.12. The zero-order chi connectivity index (χ0) is 19.8. The smallest absolute Gasteiger partial charge is 0.257 e. The van der Waals surface area contributed by atoms with Gasteiger partial charge in [0.05, 0.1) is 11.3 Å². The van der Waals surface area contributed by atoms with E-state index < -0.39 is 17.5 Å². The number of amides is 1. The molecule has 0 fully saturated rings. The molecular formula is C20H19F2N3O2. The molecule has 0 saturated carbocycles. The average molecular weight is 371 g/mol. The molecule has 27 heavy (non-hydrogen) atoms. The summed E-state index contributed by atoms with van der Waals surface area (Å²) in [6.07, 6.45) is 6.37. The highest BCUT2D eigenvalue weighted by Crippen LogP contribution is 2.19. The predicted octanol–water partition coefficient (Wildman–Crippen LogP) is 4.11. The van der Waals surface area contributed by atoms with Crippen LogP contribution < -0.4 is 10.1 Å². The van der Waals surface area contributed by atoms with Gasteiger partial charge in [-0.2, -0.15) is 0 Å². The van der Waals surface area contributed by atoms with Crippen LogP contribution in [0, 0.1) is 18.6 Å². The Morgan fingerprint density at radius 1 is 1.37 bits per heavy atom. The van der Waals surface area contributed by atoms with E-state index >= 15 is 0 Å². The first-order valence-electron chi connectivity index (χ1n) is 8.04. The second-order valence-electron chi connectivity index (χ2n) is 5.57. The highest BCUT2D eigenvalue weighted by Gasteiger charge is 2.13. The molecule has 140 valence electrons. The molecule has 2 rings (SSSR count). The molecule has 7 heteroatoms. The van der Waals surface area contributed by atoms with Gasteiger partial charge in [-0.3, -0.25) is 9.79 Å². The molecule has 0 radical (unpaired) electrons. The van der Waals surface area contributed by atoms with Gasteiger partial charge in [0.1, 0.15) is 18.2 Å². The molecule has 1 N–H and O–H groups in total. The van der Waals surface area contributed by atoms with Crippen LogP contribution in [0.3, 0.4) is 0 Å². The number of ether oxygens (including phenoxy) is 1. The highest BCUT2D eigenvalue weighted by molar-refractivity contribution is 6.04. The number of pyridine rings is 1. The van der Waals surface area contributed by atoms with Crippen molar-refractivity contribution in [2.45, 2.75) is 6.92 Å². The number of rotatable bonds is 7. The molecule has 5 nitrogen and oxygen atoms in total. The molecule has 1 aromatic carbocycles. The number of hydrogen-bond acceptors (Lipinski definition) is 4. The molecule has 0 atom stereocenters. The van der Waals surface area contributed by atoms with E-state index in [1.807, 2.05) is 0 Å². The summed E-state index contributed by atoms with van der Waals surface area (Å²) in [4.78, 5) is 20.2. The number of allylic oxidation sites excluding steroid dienone is 1. The summed E-state index contributed by atoms with van der Waals surface area (Å²) in [7, 11) is 1.66. The Morgan fingerprint density at radius 3 is 2.78 bits per heavy atom. The van der Waals surface area contributed by atoms with Crippen molar-refractivity contribution in [2.75, 3.05) is 19.0 Å². The van der Waals surface area contributed by atoms with Crippen LogP contribution in [0.1, 0.15) is 15.9 Å². The van der Waals surface area contributed by atoms with Gasteiger partial charge in [0.15, 0.2) is 0 Å². The van der Waals surface area contributed by atoms with E-state index in [4.69, 9.17) is 4.74 Å². The van der Waals surface area contributed by atoms with Gasteiger partial charge in [0.2, 0.25) is 5.88 Å². The molecule has 2 aromatic rings. The van der Waals surface area contributed by atoms with Gasteiger partial charge >= 0.3 is 0 Å². The van der Waals surface area contributed by atoms with Crippen LogP contribution in [0.15, 0.2) is 59.8 Å². The summed E-state index contributed by atoms with van der Waals surface area (Å²) >= 11 is 0. The third-order valence-electron chi connectivity index (χ3n) is 3.55. The zero-order valence-corrected chi connectivity index (χ0v) is 15.0. The number of halogens is 2. The number of carbonyl (C=O) groups is 1. The molecular weight excluding hydrogens is 352 g/mol. The van der Waals surface area contributed by atoms with Crippen molar-refractivity contribution in [3.63, 3.8) is 0 Å². The molecule has 0 aliphatic heterocycles. The Balaban J connectivity index is 2.09. The molecule has 0 aliphatic rings. The van der Waals surface area contributed by atoms with Crippen molar-refractivity contribution in [3.8, 4) is 5.88 Å². The second-order valence-corrected chi connectivity index (χ2v) is 5.57. The van der Waals surface area contributed by atoms with Gasteiger partial charge in [-0.1, -0.05) is 12.7 Å². The molecule has 1 heterocycles. The van der Waals surface area contributed by atoms with Crippen LogP contribution >= 0.6 is 0 Å². The van der Waals surface area contributed by atoms with Crippen molar-refractivity contribution in [2.24, 2.45) is 4.99 Å². The van der Waals surface area contributed by atoms with Crippen molar-refractivity contribution in [1.82, 2.24) is 4.98 Å². The van der Waals surface area contributed by atoms with E-state index in [0.29, 0.717) is 17.5 Å². The summed E-state index contributed by atoms with van der Waals surface area (Å²) in [6.45, 7) is 5.69. The topological polar surface area (TPSA) is 63.6 Å². The number of anilines is 1. The summed E-state index contributed by atoms with van der Waals surface area (Å²) in [5.41, 5.74) is 1.56. The SMILES string of the molecule is C=C/C(=C\C=NC)COc1ncc(C(=O)Nc2ccc(F)cc2F)cc1C. The van der Waals surface area contributed by atoms with Crippen molar-refractivity contribution >= 4 is 17.8 Å². The lowest BCUT2D eigenvalue weighted by Gasteiger charge is -2.10. The van der Waals surface area contributed by atoms with Crippen LogP contribution in [-0.2, 0) is 0 Å². The maximum absolute atomic E-state index is 13.7. The zero-order valence-electron chi connectivity index (χ0n) is 15.0. The third kappa shape index (κ3) is 5.57. The predicted molar refractivity (Wildman–Crippen MR) is 101 cm³/mol. The standard InChI is InChI=1S/C20H19F2N3O2/c1-4-14(7-8-23-3)12-27-20-13(2)9-15(11-24-20)19(26)25-18-6-5-16(21)10-17(18)22/h4-11H,1,12H2,2-3H3,(H,25,26)/b14-7+,23-8?. The van der Waals surface area contributed by atoms with Gasteiger partial charge in [0, 0.05) is 31.1 Å². The number of benzene rings is 1. The Labute approximate surface area is 156 Å². The minimum atomic E-state index is -0.854. The summed E-state index contributed by atoms with van der Waals surface area (Å²) in [5.74, 6) is -1.77. The largest absolute Gasteiger partial charge is 0.473 e. The first-order chi connectivity index (χ1) is 12.9. The third-order valence-corrected chi connectivity index (χ3v) is 3.55. The van der Waals surface area contributed by atoms with Crippen molar-refractivity contribution in [1.29, 1.82) is 0 Å². The molecule has 0 saturated heterocycles. The molecule has 0 spiro atoms. The molecule has 1 amide bonds. The van der Waals surface area contributed by atoms with Gasteiger partial charge in [-0.05, 0) is 36.8 Å². The maximum Gasteiger partial charge on any atom is 0.257 e. The van der Waals surface area contributed by atoms with Crippen LogP contribution in [-0.4, -0.2) is 30.8 Å². The van der Waals surface area contributed by atoms with Gasteiger partial charge in [0.25, 0.3) is 5.91 Å². The summed E-state index contributed by atoms with van der Waals surface area (Å²) in [6, 6.07) is 4.49. The van der Waals surface area contributed by atoms with E-state index in [1.54, 1.807) is 38.4 Å². The number of nitrogens with one attached hydrogen (secondary N) is 1. The van der Waals surface area contributed by atoms with E-state index in [1.165, 1.54) is 6.20 Å². The monoisotopic (exact) mass is 371 g/mol. The Morgan fingerprint density at radius 2 is 2.15 bits per heavy atom. The Hall–Kier alpha value is -3.35. The molecule has 0 unspecified atom stereocenters. The lowest BCUT2D eigenvalue weighted by molar-refractivity contribution is 0.102.